The highest BCUT2D eigenvalue weighted by Gasteiger charge is 2.24. The summed E-state index contributed by atoms with van der Waals surface area (Å²) < 4.78 is 47.3. The summed E-state index contributed by atoms with van der Waals surface area (Å²) in [5.74, 6) is -0.830. The summed E-state index contributed by atoms with van der Waals surface area (Å²) in [7, 11) is -3.99. The minimum Gasteiger partial charge on any atom is -0.491 e. The number of anilines is 2. The fourth-order valence-electron chi connectivity index (χ4n) is 3.74. The fourth-order valence-corrected chi connectivity index (χ4v) is 4.80. The number of aryl methyl sites for hydroxylation is 1. The highest BCUT2D eigenvalue weighted by atomic mass is 32.2. The lowest BCUT2D eigenvalue weighted by Crippen LogP contribution is -2.35. The second-order valence-electron chi connectivity index (χ2n) is 7.40. The van der Waals surface area contributed by atoms with Crippen molar-refractivity contribution in [1.82, 2.24) is 0 Å². The van der Waals surface area contributed by atoms with E-state index in [1.54, 1.807) is 42.2 Å². The molecule has 1 aliphatic rings. The van der Waals surface area contributed by atoms with Crippen LogP contribution < -0.4 is 14.4 Å². The maximum Gasteiger partial charge on any atom is 0.262 e. The predicted molar refractivity (Wildman–Crippen MR) is 121 cm³/mol. The first kappa shape index (κ1) is 21.8. The molecule has 1 N–H and O–H groups in total. The third-order valence-electron chi connectivity index (χ3n) is 5.23. The van der Waals surface area contributed by atoms with Crippen LogP contribution in [0.5, 0.6) is 5.75 Å². The lowest BCUT2D eigenvalue weighted by Gasteiger charge is -2.30. The van der Waals surface area contributed by atoms with Gasteiger partial charge >= 0.3 is 0 Å². The number of carbonyl (C=O) groups excluding carboxylic acids is 1. The van der Waals surface area contributed by atoms with E-state index in [0.29, 0.717) is 17.8 Å². The third kappa shape index (κ3) is 4.45. The molecule has 0 aliphatic carbocycles. The molecule has 32 heavy (non-hydrogen) atoms. The Balaban J connectivity index is 1.58. The standard InChI is InChI=1S/C24H23FN2O4S/c1-2-31-23-13-11-20(16-21(23)25)32(29,30)26-19-10-12-22-18(15-19)9-6-14-27(22)24(28)17-7-4-3-5-8-17/h3-5,7-8,10-13,15-16,26H,2,6,9,14H2,1H3. The van der Waals surface area contributed by atoms with Gasteiger partial charge in [-0.2, -0.15) is 0 Å². The number of ether oxygens (including phenoxy) is 1. The first-order valence-corrected chi connectivity index (χ1v) is 11.8. The summed E-state index contributed by atoms with van der Waals surface area (Å²) >= 11 is 0. The molecule has 0 radical (unpaired) electrons. The second-order valence-corrected chi connectivity index (χ2v) is 9.08. The van der Waals surface area contributed by atoms with Crippen molar-refractivity contribution < 1.29 is 22.3 Å². The van der Waals surface area contributed by atoms with Gasteiger partial charge in [0.1, 0.15) is 0 Å². The van der Waals surface area contributed by atoms with Gasteiger partial charge in [0.15, 0.2) is 11.6 Å². The maximum atomic E-state index is 14.1. The molecule has 0 aromatic heterocycles. The molecule has 0 atom stereocenters. The molecule has 3 aromatic carbocycles. The average Bonchev–Trinajstić information content (AvgIpc) is 2.79. The highest BCUT2D eigenvalue weighted by molar-refractivity contribution is 7.92. The number of benzene rings is 3. The van der Waals surface area contributed by atoms with Gasteiger partial charge in [0.25, 0.3) is 15.9 Å². The Morgan fingerprint density at radius 1 is 1.09 bits per heavy atom. The normalized spacial score (nSPS) is 13.4. The molecule has 0 bridgehead atoms. The van der Waals surface area contributed by atoms with Gasteiger partial charge in [-0.3, -0.25) is 9.52 Å². The van der Waals surface area contributed by atoms with Crippen LogP contribution in [0, 0.1) is 5.82 Å². The van der Waals surface area contributed by atoms with Crippen molar-refractivity contribution in [3.63, 3.8) is 0 Å². The van der Waals surface area contributed by atoms with Crippen LogP contribution in [0.15, 0.2) is 71.6 Å². The number of fused-ring (bicyclic) bond motifs is 1. The summed E-state index contributed by atoms with van der Waals surface area (Å²) in [5.41, 5.74) is 2.59. The smallest absolute Gasteiger partial charge is 0.262 e. The first-order valence-electron chi connectivity index (χ1n) is 10.3. The van der Waals surface area contributed by atoms with E-state index in [-0.39, 0.29) is 23.2 Å². The van der Waals surface area contributed by atoms with Gasteiger partial charge in [0.05, 0.1) is 11.5 Å². The molecule has 1 heterocycles. The van der Waals surface area contributed by atoms with Gasteiger partial charge in [0.2, 0.25) is 0 Å². The van der Waals surface area contributed by atoms with Gasteiger partial charge in [-0.1, -0.05) is 18.2 Å². The number of nitrogens with one attached hydrogen (secondary N) is 1. The third-order valence-corrected chi connectivity index (χ3v) is 6.61. The Labute approximate surface area is 186 Å². The number of nitrogens with zero attached hydrogens (tertiary/aromatic N) is 1. The molecule has 3 aromatic rings. The second kappa shape index (κ2) is 9.00. The monoisotopic (exact) mass is 454 g/mol. The van der Waals surface area contributed by atoms with Crippen LogP contribution in [0.3, 0.4) is 0 Å². The Kier molecular flexibility index (Phi) is 6.14. The zero-order chi connectivity index (χ0) is 22.7. The number of amides is 1. The van der Waals surface area contributed by atoms with Gasteiger partial charge in [0, 0.05) is 23.5 Å². The molecule has 1 aliphatic heterocycles. The summed E-state index contributed by atoms with van der Waals surface area (Å²) in [6.45, 7) is 2.59. The number of hydrogen-bond donors (Lipinski definition) is 1. The molecule has 4 rings (SSSR count). The fraction of sp³-hybridized carbons (Fsp3) is 0.208. The molecular formula is C24H23FN2O4S. The molecule has 6 nitrogen and oxygen atoms in total. The minimum absolute atomic E-state index is 0.00315. The number of halogens is 1. The Bertz CT molecular complexity index is 1250. The molecule has 0 fully saturated rings. The molecule has 1 amide bonds. The molecule has 0 saturated heterocycles. The van der Waals surface area contributed by atoms with E-state index in [1.807, 2.05) is 18.2 Å². The van der Waals surface area contributed by atoms with E-state index >= 15 is 0 Å². The molecule has 8 heteroatoms. The summed E-state index contributed by atoms with van der Waals surface area (Å²) in [6.07, 6.45) is 1.49. The molecule has 0 unspecified atom stereocenters. The molecule has 0 spiro atoms. The van der Waals surface area contributed by atoms with Gasteiger partial charge in [-0.25, -0.2) is 12.8 Å². The van der Waals surface area contributed by atoms with Gasteiger partial charge < -0.3 is 9.64 Å². The van der Waals surface area contributed by atoms with Gasteiger partial charge in [-0.05, 0) is 73.9 Å². The quantitative estimate of drug-likeness (QED) is 0.590. The summed E-state index contributed by atoms with van der Waals surface area (Å²) in [4.78, 5) is 14.5. The van der Waals surface area contributed by atoms with Gasteiger partial charge in [-0.15, -0.1) is 0 Å². The van der Waals surface area contributed by atoms with Crippen molar-refractivity contribution in [1.29, 1.82) is 0 Å². The first-order chi connectivity index (χ1) is 15.4. The van der Waals surface area contributed by atoms with Crippen LogP contribution in [0.4, 0.5) is 15.8 Å². The van der Waals surface area contributed by atoms with E-state index in [0.717, 1.165) is 30.2 Å². The lowest BCUT2D eigenvalue weighted by atomic mass is 10.00. The van der Waals surface area contributed by atoms with Crippen LogP contribution >= 0.6 is 0 Å². The van der Waals surface area contributed by atoms with E-state index in [2.05, 4.69) is 4.72 Å². The topological polar surface area (TPSA) is 75.7 Å². The van der Waals surface area contributed by atoms with Crippen LogP contribution in [0.25, 0.3) is 0 Å². The van der Waals surface area contributed by atoms with Crippen molar-refractivity contribution in [2.75, 3.05) is 22.8 Å². The summed E-state index contributed by atoms with van der Waals surface area (Å²) in [5, 5.41) is 0. The van der Waals surface area contributed by atoms with E-state index in [9.17, 15) is 17.6 Å². The minimum atomic E-state index is -3.99. The zero-order valence-electron chi connectivity index (χ0n) is 17.5. The SMILES string of the molecule is CCOc1ccc(S(=O)(=O)Nc2ccc3c(c2)CCCN3C(=O)c2ccccc2)cc1F. The highest BCUT2D eigenvalue weighted by Crippen LogP contribution is 2.32. The average molecular weight is 455 g/mol. The Morgan fingerprint density at radius 3 is 2.59 bits per heavy atom. The van der Waals surface area contributed by atoms with Crippen molar-refractivity contribution in [2.24, 2.45) is 0 Å². The predicted octanol–water partition coefficient (Wildman–Crippen LogP) is 4.62. The van der Waals surface area contributed by atoms with Crippen molar-refractivity contribution in [3.05, 3.63) is 83.7 Å². The Morgan fingerprint density at radius 2 is 1.88 bits per heavy atom. The van der Waals surface area contributed by atoms with E-state index in [4.69, 9.17) is 4.74 Å². The molecule has 166 valence electrons. The number of carbonyl (C=O) groups is 1. The number of hydrogen-bond acceptors (Lipinski definition) is 4. The van der Waals surface area contributed by atoms with Crippen molar-refractivity contribution >= 4 is 27.3 Å². The summed E-state index contributed by atoms with van der Waals surface area (Å²) in [6, 6.07) is 17.7. The van der Waals surface area contributed by atoms with E-state index in [1.165, 1.54) is 12.1 Å². The van der Waals surface area contributed by atoms with Crippen molar-refractivity contribution in [3.8, 4) is 5.75 Å². The molecular weight excluding hydrogens is 431 g/mol. The zero-order valence-corrected chi connectivity index (χ0v) is 18.4. The van der Waals surface area contributed by atoms with Crippen LogP contribution in [-0.2, 0) is 16.4 Å². The maximum absolute atomic E-state index is 14.1. The van der Waals surface area contributed by atoms with Crippen LogP contribution in [0.2, 0.25) is 0 Å². The lowest BCUT2D eigenvalue weighted by molar-refractivity contribution is 0.0985. The largest absolute Gasteiger partial charge is 0.491 e. The van der Waals surface area contributed by atoms with Crippen LogP contribution in [0.1, 0.15) is 29.3 Å². The molecule has 0 saturated carbocycles. The number of rotatable bonds is 6. The number of sulfonamides is 1. The van der Waals surface area contributed by atoms with Crippen molar-refractivity contribution in [2.45, 2.75) is 24.7 Å². The van der Waals surface area contributed by atoms with E-state index < -0.39 is 15.8 Å². The van der Waals surface area contributed by atoms with Crippen LogP contribution in [-0.4, -0.2) is 27.5 Å². The Hall–Kier alpha value is -3.39.